The van der Waals surface area contributed by atoms with Crippen molar-refractivity contribution in [2.75, 3.05) is 0 Å². The van der Waals surface area contributed by atoms with E-state index in [1.54, 1.807) is 6.92 Å². The number of halogens is 5. The lowest BCUT2D eigenvalue weighted by Crippen LogP contribution is -2.25. The molecule has 0 spiro atoms. The molecule has 0 fully saturated rings. The minimum absolute atomic E-state index is 0.395. The molecule has 17 heavy (non-hydrogen) atoms. The Labute approximate surface area is 109 Å². The van der Waals surface area contributed by atoms with E-state index >= 15 is 0 Å². The molecule has 1 rings (SSSR count). The van der Waals surface area contributed by atoms with E-state index in [0.717, 1.165) is 12.1 Å². The van der Waals surface area contributed by atoms with Crippen LogP contribution in [0.15, 0.2) is 22.7 Å². The Morgan fingerprint density at radius 3 is 2.24 bits per heavy atom. The third-order valence-corrected chi connectivity index (χ3v) is 4.59. The van der Waals surface area contributed by atoms with Gasteiger partial charge in [0, 0.05) is 15.2 Å². The van der Waals surface area contributed by atoms with Crippen LogP contribution in [0.3, 0.4) is 0 Å². The van der Waals surface area contributed by atoms with Crippen molar-refractivity contribution in [3.8, 4) is 0 Å². The average Bonchev–Trinajstić information content (AvgIpc) is 2.06. The second-order valence-corrected chi connectivity index (χ2v) is 6.97. The van der Waals surface area contributed by atoms with Gasteiger partial charge in [0.1, 0.15) is 0 Å². The molecule has 0 saturated heterocycles. The first-order valence-corrected chi connectivity index (χ1v) is 7.46. The van der Waals surface area contributed by atoms with Gasteiger partial charge in [0.2, 0.25) is 9.05 Å². The molecular formula is C9H7BrClF3O2S. The summed E-state index contributed by atoms with van der Waals surface area (Å²) in [4.78, 5) is 0. The molecule has 0 aliphatic rings. The van der Waals surface area contributed by atoms with Gasteiger partial charge in [0.05, 0.1) is 0 Å². The molecule has 0 aromatic heterocycles. The first kappa shape index (κ1) is 14.8. The van der Waals surface area contributed by atoms with Crippen LogP contribution in [0.4, 0.5) is 13.2 Å². The highest BCUT2D eigenvalue weighted by molar-refractivity contribution is 9.10. The van der Waals surface area contributed by atoms with E-state index < -0.39 is 26.0 Å². The lowest BCUT2D eigenvalue weighted by atomic mass is 10.1. The highest BCUT2D eigenvalue weighted by Gasteiger charge is 2.49. The van der Waals surface area contributed by atoms with Crippen molar-refractivity contribution in [2.24, 2.45) is 0 Å². The third kappa shape index (κ3) is 3.59. The lowest BCUT2D eigenvalue weighted by molar-refractivity contribution is -0.131. The van der Waals surface area contributed by atoms with Crippen molar-refractivity contribution in [1.82, 2.24) is 0 Å². The van der Waals surface area contributed by atoms with Crippen molar-refractivity contribution in [2.45, 2.75) is 18.3 Å². The third-order valence-electron chi connectivity index (χ3n) is 2.06. The van der Waals surface area contributed by atoms with Crippen molar-refractivity contribution in [1.29, 1.82) is 0 Å². The molecule has 0 saturated carbocycles. The number of benzene rings is 1. The first-order chi connectivity index (χ1) is 7.53. The Morgan fingerprint density at radius 2 is 1.88 bits per heavy atom. The smallest absolute Gasteiger partial charge is 0.211 e. The first-order valence-electron chi connectivity index (χ1n) is 4.29. The van der Waals surface area contributed by atoms with Crippen LogP contribution < -0.4 is 0 Å². The number of aryl methyl sites for hydroxylation is 1. The van der Waals surface area contributed by atoms with E-state index in [-0.39, 0.29) is 0 Å². The quantitative estimate of drug-likeness (QED) is 0.757. The topological polar surface area (TPSA) is 34.1 Å². The van der Waals surface area contributed by atoms with Crippen LogP contribution in [0.25, 0.3) is 0 Å². The van der Waals surface area contributed by atoms with Gasteiger partial charge in [-0.25, -0.2) is 8.42 Å². The van der Waals surface area contributed by atoms with Crippen LogP contribution in [0.5, 0.6) is 0 Å². The molecule has 8 heteroatoms. The van der Waals surface area contributed by atoms with Crippen molar-refractivity contribution in [3.05, 3.63) is 33.8 Å². The Kier molecular flexibility index (Phi) is 4.16. The summed E-state index contributed by atoms with van der Waals surface area (Å²) in [5.41, 5.74) is 0.102. The van der Waals surface area contributed by atoms with E-state index in [1.807, 2.05) is 0 Å². The maximum Gasteiger partial charge on any atom is 0.410 e. The SMILES string of the molecule is Cc1cc(C(C(F)(F)F)S(=O)(=O)Cl)ccc1Br. The molecule has 0 heterocycles. The minimum atomic E-state index is -4.94. The Bertz CT molecular complexity index is 528. The highest BCUT2D eigenvalue weighted by Crippen LogP contribution is 2.41. The summed E-state index contributed by atoms with van der Waals surface area (Å²) >= 11 is 3.12. The predicted molar refractivity (Wildman–Crippen MR) is 62.4 cm³/mol. The van der Waals surface area contributed by atoms with Gasteiger partial charge in [-0.3, -0.25) is 0 Å². The molecule has 0 amide bonds. The largest absolute Gasteiger partial charge is 0.410 e. The number of alkyl halides is 3. The van der Waals surface area contributed by atoms with Gasteiger partial charge in [-0.05, 0) is 24.1 Å². The van der Waals surface area contributed by atoms with Crippen LogP contribution in [0.1, 0.15) is 16.4 Å². The Balaban J connectivity index is 3.39. The zero-order chi connectivity index (χ0) is 13.4. The summed E-state index contributed by atoms with van der Waals surface area (Å²) < 4.78 is 60.6. The Morgan fingerprint density at radius 1 is 1.35 bits per heavy atom. The standard InChI is InChI=1S/C9H7BrClF3O2S/c1-5-4-6(2-3-7(5)10)8(9(12,13)14)17(11,15)16/h2-4,8H,1H3. The molecule has 2 nitrogen and oxygen atoms in total. The second-order valence-electron chi connectivity index (χ2n) is 3.41. The molecule has 0 bridgehead atoms. The molecule has 0 radical (unpaired) electrons. The summed E-state index contributed by atoms with van der Waals surface area (Å²) in [6.07, 6.45) is -4.94. The maximum atomic E-state index is 12.7. The molecule has 1 aromatic rings. The van der Waals surface area contributed by atoms with Crippen molar-refractivity contribution >= 4 is 35.7 Å². The molecule has 0 aliphatic carbocycles. The zero-order valence-electron chi connectivity index (χ0n) is 8.42. The molecule has 96 valence electrons. The normalized spacial score (nSPS) is 14.7. The Hall–Kier alpha value is -0.270. The predicted octanol–water partition coefficient (Wildman–Crippen LogP) is 3.93. The molecule has 1 aromatic carbocycles. The fourth-order valence-electron chi connectivity index (χ4n) is 1.34. The highest BCUT2D eigenvalue weighted by atomic mass is 79.9. The second kappa shape index (κ2) is 4.78. The van der Waals surface area contributed by atoms with E-state index in [9.17, 15) is 21.6 Å². The van der Waals surface area contributed by atoms with Crippen LogP contribution in [0, 0.1) is 6.92 Å². The number of hydrogen-bond donors (Lipinski definition) is 0. The van der Waals surface area contributed by atoms with Crippen LogP contribution in [-0.2, 0) is 9.05 Å². The zero-order valence-corrected chi connectivity index (χ0v) is 11.6. The summed E-state index contributed by atoms with van der Waals surface area (Å²) in [6.45, 7) is 1.56. The van der Waals surface area contributed by atoms with E-state index in [4.69, 9.17) is 10.7 Å². The van der Waals surface area contributed by atoms with E-state index in [0.29, 0.717) is 10.0 Å². The van der Waals surface area contributed by atoms with Gasteiger partial charge in [0.25, 0.3) is 0 Å². The summed E-state index contributed by atoms with van der Waals surface area (Å²) in [5, 5.41) is -2.71. The van der Waals surface area contributed by atoms with Crippen molar-refractivity contribution in [3.63, 3.8) is 0 Å². The van der Waals surface area contributed by atoms with Gasteiger partial charge in [-0.1, -0.05) is 28.1 Å². The summed E-state index contributed by atoms with van der Waals surface area (Å²) in [5.74, 6) is 0. The molecule has 0 N–H and O–H groups in total. The van der Waals surface area contributed by atoms with Crippen LogP contribution in [0.2, 0.25) is 0 Å². The molecule has 0 aliphatic heterocycles. The van der Waals surface area contributed by atoms with Gasteiger partial charge < -0.3 is 0 Å². The fraction of sp³-hybridized carbons (Fsp3) is 0.333. The monoisotopic (exact) mass is 350 g/mol. The van der Waals surface area contributed by atoms with Gasteiger partial charge in [-0.2, -0.15) is 13.2 Å². The van der Waals surface area contributed by atoms with E-state index in [2.05, 4.69) is 15.9 Å². The van der Waals surface area contributed by atoms with Crippen LogP contribution >= 0.6 is 26.6 Å². The maximum absolute atomic E-state index is 12.7. The summed E-state index contributed by atoms with van der Waals surface area (Å²) in [6, 6.07) is 3.57. The summed E-state index contributed by atoms with van der Waals surface area (Å²) in [7, 11) is 0.0776. The number of rotatable bonds is 2. The van der Waals surface area contributed by atoms with Gasteiger partial charge >= 0.3 is 6.18 Å². The van der Waals surface area contributed by atoms with E-state index in [1.165, 1.54) is 6.07 Å². The molecular weight excluding hydrogens is 345 g/mol. The average molecular weight is 352 g/mol. The van der Waals surface area contributed by atoms with Crippen molar-refractivity contribution < 1.29 is 21.6 Å². The lowest BCUT2D eigenvalue weighted by Gasteiger charge is -2.18. The molecule has 1 atom stereocenters. The van der Waals surface area contributed by atoms with Gasteiger partial charge in [-0.15, -0.1) is 0 Å². The number of hydrogen-bond acceptors (Lipinski definition) is 2. The molecule has 1 unspecified atom stereocenters. The fourth-order valence-corrected chi connectivity index (χ4v) is 2.99. The minimum Gasteiger partial charge on any atom is -0.211 e. The van der Waals surface area contributed by atoms with Crippen LogP contribution in [-0.4, -0.2) is 14.6 Å². The van der Waals surface area contributed by atoms with Gasteiger partial charge in [0.15, 0.2) is 5.25 Å².